The minimum atomic E-state index is -0.296. The first kappa shape index (κ1) is 20.6. The summed E-state index contributed by atoms with van der Waals surface area (Å²) in [6, 6.07) is 11.4. The first-order chi connectivity index (χ1) is 14.4. The molecule has 1 amide bonds. The minimum Gasteiger partial charge on any atom is -0.507 e. The maximum absolute atomic E-state index is 13.3. The van der Waals surface area contributed by atoms with Gasteiger partial charge in [-0.1, -0.05) is 34.1 Å². The molecule has 1 aliphatic rings. The van der Waals surface area contributed by atoms with Gasteiger partial charge in [-0.2, -0.15) is 5.10 Å². The number of carbonyl (C=O) groups excluding carboxylic acids is 1. The molecule has 4 rings (SSSR count). The molecular weight excluding hydrogens is 446 g/mol. The van der Waals surface area contributed by atoms with E-state index in [-0.39, 0.29) is 17.7 Å². The van der Waals surface area contributed by atoms with Gasteiger partial charge < -0.3 is 14.7 Å². The smallest absolute Gasteiger partial charge is 0.273 e. The van der Waals surface area contributed by atoms with Crippen LogP contribution in [0.2, 0.25) is 0 Å². The predicted octanol–water partition coefficient (Wildman–Crippen LogP) is 4.74. The monoisotopic (exact) mass is 469 g/mol. The fourth-order valence-corrected chi connectivity index (χ4v) is 4.69. The van der Waals surface area contributed by atoms with Gasteiger partial charge in [-0.05, 0) is 55.2 Å². The SMILES string of the molecule is COCCCN1C(=O)c2[nH]nc(-c3c(C)cc(C)cc3O)c2C1c1cccc(Br)c1. The molecule has 6 nitrogen and oxygen atoms in total. The molecule has 3 aromatic rings. The van der Waals surface area contributed by atoms with Crippen molar-refractivity contribution in [3.8, 4) is 17.0 Å². The fraction of sp³-hybridized carbons (Fsp3) is 0.304. The maximum atomic E-state index is 13.3. The number of halogens is 1. The Kier molecular flexibility index (Phi) is 5.66. The van der Waals surface area contributed by atoms with Crippen LogP contribution in [0.25, 0.3) is 11.3 Å². The van der Waals surface area contributed by atoms with Crippen molar-refractivity contribution < 1.29 is 14.6 Å². The van der Waals surface area contributed by atoms with E-state index >= 15 is 0 Å². The van der Waals surface area contributed by atoms with Crippen LogP contribution in [0.5, 0.6) is 5.75 Å². The van der Waals surface area contributed by atoms with Crippen molar-refractivity contribution in [1.82, 2.24) is 15.1 Å². The summed E-state index contributed by atoms with van der Waals surface area (Å²) in [5.74, 6) is 0.0779. The second kappa shape index (κ2) is 8.24. The van der Waals surface area contributed by atoms with Gasteiger partial charge in [0.25, 0.3) is 5.91 Å². The Morgan fingerprint density at radius 2 is 2.07 bits per heavy atom. The molecule has 2 aromatic carbocycles. The van der Waals surface area contributed by atoms with Crippen LogP contribution in [0.15, 0.2) is 40.9 Å². The van der Waals surface area contributed by atoms with Crippen LogP contribution in [0, 0.1) is 13.8 Å². The van der Waals surface area contributed by atoms with Gasteiger partial charge in [-0.3, -0.25) is 9.89 Å². The van der Waals surface area contributed by atoms with Gasteiger partial charge in [0.05, 0.1) is 6.04 Å². The molecule has 0 aliphatic carbocycles. The summed E-state index contributed by atoms with van der Waals surface area (Å²) in [5.41, 5.74) is 5.43. The highest BCUT2D eigenvalue weighted by Crippen LogP contribution is 2.45. The third kappa shape index (κ3) is 3.52. The van der Waals surface area contributed by atoms with Crippen LogP contribution in [0.1, 0.15) is 45.2 Å². The van der Waals surface area contributed by atoms with Gasteiger partial charge in [-0.25, -0.2) is 0 Å². The normalized spacial score (nSPS) is 15.7. The highest BCUT2D eigenvalue weighted by molar-refractivity contribution is 9.10. The highest BCUT2D eigenvalue weighted by atomic mass is 79.9. The summed E-state index contributed by atoms with van der Waals surface area (Å²) in [7, 11) is 1.66. The number of phenols is 1. The third-order valence-corrected chi connectivity index (χ3v) is 5.96. The van der Waals surface area contributed by atoms with Crippen molar-refractivity contribution in [2.75, 3.05) is 20.3 Å². The van der Waals surface area contributed by atoms with E-state index in [0.717, 1.165) is 33.1 Å². The molecule has 1 unspecified atom stereocenters. The zero-order chi connectivity index (χ0) is 21.4. The second-order valence-corrected chi connectivity index (χ2v) is 8.55. The number of phenolic OH excluding ortho intramolecular Hbond substituents is 1. The standard InChI is InChI=1S/C23H24BrN3O3/c1-13-10-14(2)18(17(28)11-13)20-19-21(26-25-20)23(29)27(8-5-9-30-3)22(19)15-6-4-7-16(24)12-15/h4,6-7,10-12,22,28H,5,8-9H2,1-3H3,(H,25,26). The lowest BCUT2D eigenvalue weighted by atomic mass is 9.93. The van der Waals surface area contributed by atoms with E-state index in [1.807, 2.05) is 49.1 Å². The molecule has 7 heteroatoms. The number of nitrogens with one attached hydrogen (secondary N) is 1. The lowest BCUT2D eigenvalue weighted by Gasteiger charge is -2.26. The molecule has 0 spiro atoms. The molecule has 156 valence electrons. The van der Waals surface area contributed by atoms with E-state index in [1.54, 1.807) is 13.2 Å². The van der Waals surface area contributed by atoms with Gasteiger partial charge >= 0.3 is 0 Å². The molecule has 2 heterocycles. The van der Waals surface area contributed by atoms with Crippen LogP contribution in [-0.4, -0.2) is 46.4 Å². The van der Waals surface area contributed by atoms with Crippen molar-refractivity contribution in [3.63, 3.8) is 0 Å². The summed E-state index contributed by atoms with van der Waals surface area (Å²) in [4.78, 5) is 15.1. The highest BCUT2D eigenvalue weighted by Gasteiger charge is 2.42. The molecule has 1 aromatic heterocycles. The topological polar surface area (TPSA) is 78.5 Å². The van der Waals surface area contributed by atoms with Crippen molar-refractivity contribution in [3.05, 3.63) is 68.8 Å². The van der Waals surface area contributed by atoms with E-state index < -0.39 is 0 Å². The van der Waals surface area contributed by atoms with E-state index in [0.29, 0.717) is 30.1 Å². The second-order valence-electron chi connectivity index (χ2n) is 7.64. The Labute approximate surface area is 184 Å². The Morgan fingerprint density at radius 1 is 1.27 bits per heavy atom. The largest absolute Gasteiger partial charge is 0.507 e. The molecule has 0 fully saturated rings. The Morgan fingerprint density at radius 3 is 2.77 bits per heavy atom. The van der Waals surface area contributed by atoms with Gasteiger partial charge in [0.15, 0.2) is 0 Å². The van der Waals surface area contributed by atoms with Crippen molar-refractivity contribution in [2.45, 2.75) is 26.3 Å². The van der Waals surface area contributed by atoms with Gasteiger partial charge in [0, 0.05) is 35.9 Å². The number of amides is 1. The number of H-pyrrole nitrogens is 1. The Balaban J connectivity index is 1.88. The average molecular weight is 470 g/mol. The number of hydrogen-bond acceptors (Lipinski definition) is 4. The molecular formula is C23H24BrN3O3. The minimum absolute atomic E-state index is 0.0888. The number of fused-ring (bicyclic) bond motifs is 1. The average Bonchev–Trinajstić information content (AvgIpc) is 3.21. The Hall–Kier alpha value is -2.64. The van der Waals surface area contributed by atoms with E-state index in [9.17, 15) is 9.90 Å². The lowest BCUT2D eigenvalue weighted by molar-refractivity contribution is 0.0723. The van der Waals surface area contributed by atoms with Gasteiger partial charge in [-0.15, -0.1) is 0 Å². The van der Waals surface area contributed by atoms with Crippen molar-refractivity contribution in [1.29, 1.82) is 0 Å². The van der Waals surface area contributed by atoms with Gasteiger partial charge in [0.2, 0.25) is 0 Å². The summed E-state index contributed by atoms with van der Waals surface area (Å²) >= 11 is 3.55. The van der Waals surface area contributed by atoms with Crippen LogP contribution >= 0.6 is 15.9 Å². The number of rotatable bonds is 6. The van der Waals surface area contributed by atoms with E-state index in [1.165, 1.54) is 0 Å². The van der Waals surface area contributed by atoms with Crippen LogP contribution in [0.3, 0.4) is 0 Å². The fourth-order valence-electron chi connectivity index (χ4n) is 4.27. The summed E-state index contributed by atoms with van der Waals surface area (Å²) < 4.78 is 6.13. The molecule has 30 heavy (non-hydrogen) atoms. The van der Waals surface area contributed by atoms with E-state index in [4.69, 9.17) is 4.74 Å². The van der Waals surface area contributed by atoms with Crippen molar-refractivity contribution in [2.24, 2.45) is 0 Å². The zero-order valence-electron chi connectivity index (χ0n) is 17.2. The maximum Gasteiger partial charge on any atom is 0.273 e. The number of carbonyl (C=O) groups is 1. The molecule has 0 bridgehead atoms. The number of ether oxygens (including phenoxy) is 1. The molecule has 1 atom stereocenters. The number of benzene rings is 2. The first-order valence-corrected chi connectivity index (χ1v) is 10.7. The molecule has 0 saturated heterocycles. The number of methoxy groups -OCH3 is 1. The number of aromatic amines is 1. The van der Waals surface area contributed by atoms with Gasteiger partial charge in [0.1, 0.15) is 17.1 Å². The van der Waals surface area contributed by atoms with Crippen LogP contribution in [0.4, 0.5) is 0 Å². The number of hydrogen-bond donors (Lipinski definition) is 2. The molecule has 0 radical (unpaired) electrons. The summed E-state index contributed by atoms with van der Waals surface area (Å²) in [6.45, 7) is 5.03. The number of aryl methyl sites for hydroxylation is 2. The first-order valence-electron chi connectivity index (χ1n) is 9.86. The zero-order valence-corrected chi connectivity index (χ0v) is 18.8. The molecule has 0 saturated carbocycles. The number of aromatic hydroxyl groups is 1. The van der Waals surface area contributed by atoms with Crippen molar-refractivity contribution >= 4 is 21.8 Å². The van der Waals surface area contributed by atoms with Crippen LogP contribution in [-0.2, 0) is 4.74 Å². The predicted molar refractivity (Wildman–Crippen MR) is 119 cm³/mol. The number of nitrogens with zero attached hydrogens (tertiary/aromatic N) is 2. The molecule has 1 aliphatic heterocycles. The molecule has 2 N–H and O–H groups in total. The summed E-state index contributed by atoms with van der Waals surface area (Å²) in [6.07, 6.45) is 0.731. The summed E-state index contributed by atoms with van der Waals surface area (Å²) in [5, 5.41) is 18.1. The third-order valence-electron chi connectivity index (χ3n) is 5.47. The van der Waals surface area contributed by atoms with E-state index in [2.05, 4.69) is 26.1 Å². The lowest BCUT2D eigenvalue weighted by Crippen LogP contribution is -2.31. The number of aromatic nitrogens is 2. The quantitative estimate of drug-likeness (QED) is 0.510. The Bertz CT molecular complexity index is 1090. The van der Waals surface area contributed by atoms with Crippen LogP contribution < -0.4 is 0 Å².